The van der Waals surface area contributed by atoms with E-state index < -0.39 is 43.3 Å². The Bertz CT molecular complexity index is 615. The van der Waals surface area contributed by atoms with Gasteiger partial charge in [-0.1, -0.05) is 6.07 Å². The molecule has 0 amide bonds. The normalized spacial score (nSPS) is 30.4. The molecular formula is C15H18O9. The van der Waals surface area contributed by atoms with E-state index in [1.165, 1.54) is 24.3 Å². The molecule has 1 aromatic carbocycles. The number of phenolic OH excluding ortho intramolecular Hbond substituents is 2. The van der Waals surface area contributed by atoms with Crippen molar-refractivity contribution in [3.05, 3.63) is 29.8 Å². The number of carbonyl (C=O) groups excluding carboxylic acids is 1. The maximum atomic E-state index is 11.8. The van der Waals surface area contributed by atoms with E-state index in [-0.39, 0.29) is 11.5 Å². The predicted molar refractivity (Wildman–Crippen MR) is 78.7 cm³/mol. The lowest BCUT2D eigenvalue weighted by Gasteiger charge is -2.39. The van der Waals surface area contributed by atoms with Gasteiger partial charge < -0.3 is 40.1 Å². The van der Waals surface area contributed by atoms with Crippen molar-refractivity contribution in [2.24, 2.45) is 0 Å². The minimum absolute atomic E-state index is 0.313. The first-order valence-electron chi connectivity index (χ1n) is 7.04. The molecule has 1 aliphatic rings. The number of aromatic hydroxyl groups is 2. The van der Waals surface area contributed by atoms with Crippen molar-refractivity contribution in [2.45, 2.75) is 30.7 Å². The first kappa shape index (κ1) is 18.2. The molecule has 132 valence electrons. The monoisotopic (exact) mass is 342 g/mol. The second-order valence-corrected chi connectivity index (χ2v) is 5.21. The molecular weight excluding hydrogens is 324 g/mol. The van der Waals surface area contributed by atoms with Gasteiger partial charge in [-0.25, -0.2) is 4.79 Å². The summed E-state index contributed by atoms with van der Waals surface area (Å²) in [6.07, 6.45) is -5.38. The van der Waals surface area contributed by atoms with Crippen LogP contribution < -0.4 is 0 Å². The number of ether oxygens (including phenoxy) is 2. The van der Waals surface area contributed by atoms with Gasteiger partial charge in [0.2, 0.25) is 0 Å². The van der Waals surface area contributed by atoms with Gasteiger partial charge in [0.1, 0.15) is 18.3 Å². The SMILES string of the molecule is O=C(/C=C/c1ccc(O)c(O)c1)O[C@@H]1[C@@H](O)[C@@H](O)O[C@H](CO)[C@H]1O. The van der Waals surface area contributed by atoms with E-state index in [1.54, 1.807) is 0 Å². The first-order chi connectivity index (χ1) is 11.3. The van der Waals surface area contributed by atoms with Crippen molar-refractivity contribution < 1.29 is 44.9 Å². The van der Waals surface area contributed by atoms with Crippen LogP contribution in [0.5, 0.6) is 11.5 Å². The maximum absolute atomic E-state index is 11.8. The molecule has 0 radical (unpaired) electrons. The number of hydrogen-bond acceptors (Lipinski definition) is 9. The number of rotatable bonds is 4. The lowest BCUT2D eigenvalue weighted by Crippen LogP contribution is -2.59. The van der Waals surface area contributed by atoms with Gasteiger partial charge in [0.05, 0.1) is 6.61 Å². The van der Waals surface area contributed by atoms with Crippen LogP contribution in [0.4, 0.5) is 0 Å². The van der Waals surface area contributed by atoms with Crippen LogP contribution in [0.1, 0.15) is 5.56 Å². The molecule has 0 spiro atoms. The van der Waals surface area contributed by atoms with Crippen LogP contribution in [0.15, 0.2) is 24.3 Å². The molecule has 1 aliphatic heterocycles. The van der Waals surface area contributed by atoms with Crippen LogP contribution in [0.3, 0.4) is 0 Å². The van der Waals surface area contributed by atoms with Crippen LogP contribution in [0.2, 0.25) is 0 Å². The summed E-state index contributed by atoms with van der Waals surface area (Å²) in [4.78, 5) is 11.8. The molecule has 0 bridgehead atoms. The van der Waals surface area contributed by atoms with Gasteiger partial charge in [-0.3, -0.25) is 0 Å². The van der Waals surface area contributed by atoms with Crippen molar-refractivity contribution in [1.29, 1.82) is 0 Å². The fraction of sp³-hybridized carbons (Fsp3) is 0.400. The molecule has 5 atom stereocenters. The van der Waals surface area contributed by atoms with Crippen LogP contribution in [-0.4, -0.2) is 73.9 Å². The van der Waals surface area contributed by atoms with E-state index in [9.17, 15) is 30.3 Å². The number of benzene rings is 1. The number of esters is 1. The highest BCUT2D eigenvalue weighted by Gasteiger charge is 2.45. The van der Waals surface area contributed by atoms with Gasteiger partial charge in [0.15, 0.2) is 23.9 Å². The third kappa shape index (κ3) is 4.02. The minimum atomic E-state index is -1.72. The van der Waals surface area contributed by atoms with Gasteiger partial charge in [-0.2, -0.15) is 0 Å². The smallest absolute Gasteiger partial charge is 0.331 e. The summed E-state index contributed by atoms with van der Waals surface area (Å²) >= 11 is 0. The number of phenols is 2. The Morgan fingerprint density at radius 1 is 1.17 bits per heavy atom. The molecule has 0 saturated carbocycles. The highest BCUT2D eigenvalue weighted by atomic mass is 16.7. The molecule has 9 nitrogen and oxygen atoms in total. The van der Waals surface area contributed by atoms with E-state index in [4.69, 9.17) is 14.6 Å². The lowest BCUT2D eigenvalue weighted by molar-refractivity contribution is -0.289. The van der Waals surface area contributed by atoms with Crippen LogP contribution in [0, 0.1) is 0 Å². The fourth-order valence-electron chi connectivity index (χ4n) is 2.19. The average molecular weight is 342 g/mol. The molecule has 6 N–H and O–H groups in total. The Morgan fingerprint density at radius 3 is 2.50 bits per heavy atom. The number of aliphatic hydroxyl groups excluding tert-OH is 4. The Kier molecular flexibility index (Phi) is 5.75. The number of carbonyl (C=O) groups is 1. The Balaban J connectivity index is 2.04. The van der Waals surface area contributed by atoms with Crippen molar-refractivity contribution in [1.82, 2.24) is 0 Å². The van der Waals surface area contributed by atoms with Crippen molar-refractivity contribution in [3.63, 3.8) is 0 Å². The van der Waals surface area contributed by atoms with Crippen LogP contribution >= 0.6 is 0 Å². The number of hydrogen-bond donors (Lipinski definition) is 6. The van der Waals surface area contributed by atoms with Gasteiger partial charge in [0, 0.05) is 6.08 Å². The first-order valence-corrected chi connectivity index (χ1v) is 7.04. The zero-order chi connectivity index (χ0) is 17.9. The zero-order valence-electron chi connectivity index (χ0n) is 12.4. The largest absolute Gasteiger partial charge is 0.504 e. The Morgan fingerprint density at radius 2 is 1.88 bits per heavy atom. The quantitative estimate of drug-likeness (QED) is 0.217. The maximum Gasteiger partial charge on any atom is 0.331 e. The van der Waals surface area contributed by atoms with Gasteiger partial charge in [-0.05, 0) is 23.8 Å². The van der Waals surface area contributed by atoms with Crippen molar-refractivity contribution in [3.8, 4) is 11.5 Å². The van der Waals surface area contributed by atoms with E-state index in [2.05, 4.69) is 0 Å². The van der Waals surface area contributed by atoms with E-state index in [0.717, 1.165) is 6.08 Å². The summed E-state index contributed by atoms with van der Waals surface area (Å²) in [7, 11) is 0. The molecule has 0 aliphatic carbocycles. The molecule has 1 fully saturated rings. The Labute approximate surface area is 136 Å². The molecule has 1 saturated heterocycles. The van der Waals surface area contributed by atoms with E-state index in [0.29, 0.717) is 5.56 Å². The third-order valence-corrected chi connectivity index (χ3v) is 3.50. The highest BCUT2D eigenvalue weighted by molar-refractivity contribution is 5.87. The van der Waals surface area contributed by atoms with Crippen LogP contribution in [-0.2, 0) is 14.3 Å². The predicted octanol–water partition coefficient (Wildman–Crippen LogP) is -1.55. The zero-order valence-corrected chi connectivity index (χ0v) is 12.4. The molecule has 1 heterocycles. The minimum Gasteiger partial charge on any atom is -0.504 e. The lowest BCUT2D eigenvalue weighted by atomic mass is 9.99. The third-order valence-electron chi connectivity index (χ3n) is 3.50. The van der Waals surface area contributed by atoms with Crippen molar-refractivity contribution >= 4 is 12.0 Å². The molecule has 2 rings (SSSR count). The average Bonchev–Trinajstić information content (AvgIpc) is 2.56. The topological polar surface area (TPSA) is 157 Å². The summed E-state index contributed by atoms with van der Waals surface area (Å²) in [6.45, 7) is -0.637. The molecule has 0 unspecified atom stereocenters. The second kappa shape index (κ2) is 7.60. The van der Waals surface area contributed by atoms with E-state index in [1.807, 2.05) is 0 Å². The number of aliphatic hydroxyl groups is 4. The van der Waals surface area contributed by atoms with Gasteiger partial charge >= 0.3 is 5.97 Å². The van der Waals surface area contributed by atoms with E-state index >= 15 is 0 Å². The molecule has 9 heteroatoms. The molecule has 0 aromatic heterocycles. The summed E-state index contributed by atoms with van der Waals surface area (Å²) in [6, 6.07) is 3.87. The molecule has 24 heavy (non-hydrogen) atoms. The summed E-state index contributed by atoms with van der Waals surface area (Å²) in [5.74, 6) is -1.61. The Hall–Kier alpha value is -2.17. The van der Waals surface area contributed by atoms with Gasteiger partial charge in [-0.15, -0.1) is 0 Å². The van der Waals surface area contributed by atoms with Crippen LogP contribution in [0.25, 0.3) is 6.08 Å². The summed E-state index contributed by atoms with van der Waals surface area (Å²) < 4.78 is 9.68. The summed E-state index contributed by atoms with van der Waals surface area (Å²) in [5.41, 5.74) is 0.392. The van der Waals surface area contributed by atoms with Gasteiger partial charge in [0.25, 0.3) is 0 Å². The summed E-state index contributed by atoms with van der Waals surface area (Å²) in [5, 5.41) is 56.7. The molecule has 1 aromatic rings. The van der Waals surface area contributed by atoms with Crippen molar-refractivity contribution in [2.75, 3.05) is 6.61 Å². The standard InChI is InChI=1S/C15H18O9/c16-6-10-12(20)14(13(21)15(22)23-10)24-11(19)4-2-7-1-3-8(17)9(18)5-7/h1-5,10,12-18,20-22H,6H2/b4-2+/t10-,12-,13-,14+,15+/m1/s1. The highest BCUT2D eigenvalue weighted by Crippen LogP contribution is 2.26. The fourth-order valence-corrected chi connectivity index (χ4v) is 2.19. The second-order valence-electron chi connectivity index (χ2n) is 5.21.